The molecule has 136 valence electrons. The summed E-state index contributed by atoms with van der Waals surface area (Å²) in [6.07, 6.45) is 5.30. The van der Waals surface area contributed by atoms with Crippen LogP contribution in [0.4, 0.5) is 0 Å². The molecular weight excluding hydrogens is 328 g/mol. The molecule has 0 saturated carbocycles. The fourth-order valence-corrected chi connectivity index (χ4v) is 3.57. The van der Waals surface area contributed by atoms with Crippen LogP contribution in [0.5, 0.6) is 0 Å². The Morgan fingerprint density at radius 1 is 0.885 bits per heavy atom. The Morgan fingerprint density at radius 3 is 2.08 bits per heavy atom. The number of aryl methyl sites for hydroxylation is 3. The molecule has 0 atom stereocenters. The minimum absolute atomic E-state index is 0.0498. The summed E-state index contributed by atoms with van der Waals surface area (Å²) in [5.74, 6) is -0.0797. The zero-order valence-corrected chi connectivity index (χ0v) is 15.5. The van der Waals surface area contributed by atoms with Crippen LogP contribution >= 0.6 is 0 Å². The predicted octanol–water partition coefficient (Wildman–Crippen LogP) is 2.39. The summed E-state index contributed by atoms with van der Waals surface area (Å²) in [6, 6.07) is 4.09. The summed E-state index contributed by atoms with van der Waals surface area (Å²) in [6.45, 7) is 8.30. The van der Waals surface area contributed by atoms with Gasteiger partial charge in [0.1, 0.15) is 5.69 Å². The van der Waals surface area contributed by atoms with Crippen LogP contribution < -0.4 is 0 Å². The highest BCUT2D eigenvalue weighted by molar-refractivity contribution is 5.97. The van der Waals surface area contributed by atoms with E-state index in [4.69, 9.17) is 0 Å². The molecule has 6 nitrogen and oxygen atoms in total. The standard InChI is InChI=1S/C20H24N4O2/c1-14-11-15(2)18(16(3)12-14)20(26)24-8-4-7-23(9-10-24)19(25)17-13-21-5-6-22-17/h5-6,11-13H,4,7-10H2,1-3H3. The molecule has 0 spiro atoms. The van der Waals surface area contributed by atoms with Crippen molar-refractivity contribution in [1.82, 2.24) is 19.8 Å². The summed E-state index contributed by atoms with van der Waals surface area (Å²) in [5.41, 5.74) is 4.29. The van der Waals surface area contributed by atoms with E-state index in [0.717, 1.165) is 28.7 Å². The van der Waals surface area contributed by atoms with Gasteiger partial charge in [-0.3, -0.25) is 14.6 Å². The lowest BCUT2D eigenvalue weighted by Crippen LogP contribution is -2.38. The third kappa shape index (κ3) is 3.74. The molecule has 26 heavy (non-hydrogen) atoms. The molecule has 2 aromatic rings. The van der Waals surface area contributed by atoms with Crippen LogP contribution in [0.3, 0.4) is 0 Å². The number of carbonyl (C=O) groups excluding carboxylic acids is 2. The third-order valence-electron chi connectivity index (χ3n) is 4.74. The van der Waals surface area contributed by atoms with Crippen LogP contribution in [0.2, 0.25) is 0 Å². The highest BCUT2D eigenvalue weighted by Crippen LogP contribution is 2.19. The average Bonchev–Trinajstić information content (AvgIpc) is 2.87. The molecule has 1 aromatic heterocycles. The SMILES string of the molecule is Cc1cc(C)c(C(=O)N2CCCN(C(=O)c3cnccn3)CC2)c(C)c1. The molecule has 2 amide bonds. The molecule has 6 heteroatoms. The van der Waals surface area contributed by atoms with Gasteiger partial charge in [-0.05, 0) is 38.3 Å². The number of amides is 2. The Morgan fingerprint density at radius 2 is 1.50 bits per heavy atom. The maximum absolute atomic E-state index is 13.1. The van der Waals surface area contributed by atoms with Gasteiger partial charge in [0.25, 0.3) is 11.8 Å². The molecule has 1 saturated heterocycles. The second-order valence-electron chi connectivity index (χ2n) is 6.80. The minimum atomic E-state index is -0.130. The van der Waals surface area contributed by atoms with Crippen LogP contribution in [-0.4, -0.2) is 57.8 Å². The molecule has 0 bridgehead atoms. The third-order valence-corrected chi connectivity index (χ3v) is 4.74. The van der Waals surface area contributed by atoms with Gasteiger partial charge in [-0.1, -0.05) is 17.7 Å². The Bertz CT molecular complexity index is 797. The maximum atomic E-state index is 13.1. The van der Waals surface area contributed by atoms with Gasteiger partial charge in [-0.25, -0.2) is 4.98 Å². The molecule has 1 aliphatic heterocycles. The zero-order valence-electron chi connectivity index (χ0n) is 15.5. The Hall–Kier alpha value is -2.76. The zero-order chi connectivity index (χ0) is 18.7. The molecule has 2 heterocycles. The number of hydrogen-bond acceptors (Lipinski definition) is 4. The number of carbonyl (C=O) groups is 2. The van der Waals surface area contributed by atoms with Gasteiger partial charge in [-0.15, -0.1) is 0 Å². The summed E-state index contributed by atoms with van der Waals surface area (Å²) in [5, 5.41) is 0. The van der Waals surface area contributed by atoms with E-state index in [1.165, 1.54) is 12.4 Å². The van der Waals surface area contributed by atoms with Gasteiger partial charge in [0, 0.05) is 44.1 Å². The summed E-state index contributed by atoms with van der Waals surface area (Å²) in [7, 11) is 0. The van der Waals surface area contributed by atoms with Crippen LogP contribution in [0, 0.1) is 20.8 Å². The van der Waals surface area contributed by atoms with Crippen molar-refractivity contribution in [3.8, 4) is 0 Å². The molecule has 1 fully saturated rings. The van der Waals surface area contributed by atoms with Crippen molar-refractivity contribution in [2.24, 2.45) is 0 Å². The lowest BCUT2D eigenvalue weighted by atomic mass is 9.98. The largest absolute Gasteiger partial charge is 0.337 e. The van der Waals surface area contributed by atoms with Gasteiger partial charge in [-0.2, -0.15) is 0 Å². The number of hydrogen-bond donors (Lipinski definition) is 0. The van der Waals surface area contributed by atoms with Crippen LogP contribution in [0.1, 0.15) is 44.0 Å². The smallest absolute Gasteiger partial charge is 0.274 e. The summed E-state index contributed by atoms with van der Waals surface area (Å²) < 4.78 is 0. The first-order valence-corrected chi connectivity index (χ1v) is 8.90. The predicted molar refractivity (Wildman–Crippen MR) is 99.1 cm³/mol. The van der Waals surface area contributed by atoms with Crippen molar-refractivity contribution >= 4 is 11.8 Å². The highest BCUT2D eigenvalue weighted by Gasteiger charge is 2.25. The Balaban J connectivity index is 1.73. The quantitative estimate of drug-likeness (QED) is 0.832. The molecule has 0 aliphatic carbocycles. The van der Waals surface area contributed by atoms with E-state index in [1.54, 1.807) is 11.1 Å². The topological polar surface area (TPSA) is 66.4 Å². The number of nitrogens with zero attached hydrogens (tertiary/aromatic N) is 4. The van der Waals surface area contributed by atoms with E-state index in [0.29, 0.717) is 31.9 Å². The van der Waals surface area contributed by atoms with Crippen molar-refractivity contribution in [2.45, 2.75) is 27.2 Å². The monoisotopic (exact) mass is 352 g/mol. The summed E-state index contributed by atoms with van der Waals surface area (Å²) in [4.78, 5) is 37.3. The fraction of sp³-hybridized carbons (Fsp3) is 0.400. The molecule has 1 aliphatic rings. The molecule has 0 unspecified atom stereocenters. The van der Waals surface area contributed by atoms with Crippen molar-refractivity contribution < 1.29 is 9.59 Å². The van der Waals surface area contributed by atoms with E-state index < -0.39 is 0 Å². The van der Waals surface area contributed by atoms with Gasteiger partial charge in [0.15, 0.2) is 0 Å². The molecule has 0 radical (unpaired) electrons. The Labute approximate surface area is 153 Å². The van der Waals surface area contributed by atoms with Gasteiger partial charge >= 0.3 is 0 Å². The van der Waals surface area contributed by atoms with E-state index in [1.807, 2.05) is 37.8 Å². The second-order valence-corrected chi connectivity index (χ2v) is 6.80. The van der Waals surface area contributed by atoms with Crippen molar-refractivity contribution in [3.63, 3.8) is 0 Å². The first-order chi connectivity index (χ1) is 12.5. The van der Waals surface area contributed by atoms with E-state index in [9.17, 15) is 9.59 Å². The molecular formula is C20H24N4O2. The maximum Gasteiger partial charge on any atom is 0.274 e. The lowest BCUT2D eigenvalue weighted by Gasteiger charge is -2.23. The number of aromatic nitrogens is 2. The van der Waals surface area contributed by atoms with Crippen LogP contribution in [0.15, 0.2) is 30.7 Å². The average molecular weight is 352 g/mol. The van der Waals surface area contributed by atoms with Crippen molar-refractivity contribution in [2.75, 3.05) is 26.2 Å². The van der Waals surface area contributed by atoms with Crippen molar-refractivity contribution in [1.29, 1.82) is 0 Å². The van der Waals surface area contributed by atoms with Gasteiger partial charge in [0.2, 0.25) is 0 Å². The lowest BCUT2D eigenvalue weighted by molar-refractivity contribution is 0.0714. The first kappa shape index (κ1) is 18.0. The molecule has 1 aromatic carbocycles. The van der Waals surface area contributed by atoms with Crippen molar-refractivity contribution in [3.05, 3.63) is 58.7 Å². The summed E-state index contributed by atoms with van der Waals surface area (Å²) >= 11 is 0. The van der Waals surface area contributed by atoms with Crippen LogP contribution in [-0.2, 0) is 0 Å². The van der Waals surface area contributed by atoms with Gasteiger partial charge < -0.3 is 9.80 Å². The normalized spacial score (nSPS) is 14.9. The second kappa shape index (κ2) is 7.64. The fourth-order valence-electron chi connectivity index (χ4n) is 3.57. The molecule has 0 N–H and O–H groups in total. The van der Waals surface area contributed by atoms with E-state index in [2.05, 4.69) is 9.97 Å². The highest BCUT2D eigenvalue weighted by atomic mass is 16.2. The number of benzene rings is 1. The van der Waals surface area contributed by atoms with E-state index >= 15 is 0 Å². The van der Waals surface area contributed by atoms with Gasteiger partial charge in [0.05, 0.1) is 6.20 Å². The first-order valence-electron chi connectivity index (χ1n) is 8.90. The minimum Gasteiger partial charge on any atom is -0.337 e. The number of rotatable bonds is 2. The molecule has 3 rings (SSSR count). The van der Waals surface area contributed by atoms with Crippen LogP contribution in [0.25, 0.3) is 0 Å². The Kier molecular flexibility index (Phi) is 5.30. The van der Waals surface area contributed by atoms with E-state index in [-0.39, 0.29) is 11.8 Å².